The van der Waals surface area contributed by atoms with E-state index in [1.807, 2.05) is 0 Å². The predicted octanol–water partition coefficient (Wildman–Crippen LogP) is -0.353. The van der Waals surface area contributed by atoms with E-state index in [4.69, 9.17) is 10.8 Å². The zero-order chi connectivity index (χ0) is 11.6. The summed E-state index contributed by atoms with van der Waals surface area (Å²) in [7, 11) is -2.16. The summed E-state index contributed by atoms with van der Waals surface area (Å²) in [6, 6.07) is 0. The fourth-order valence-corrected chi connectivity index (χ4v) is 3.69. The Morgan fingerprint density at radius 3 is 2.60 bits per heavy atom. The Hall–Kier alpha value is -0.700. The number of likely N-dealkylation sites (N-methyl/N-ethyl adjacent to an activating group) is 1. The van der Waals surface area contributed by atoms with Crippen molar-refractivity contribution >= 4 is 26.5 Å². The van der Waals surface area contributed by atoms with E-state index in [2.05, 4.69) is 4.98 Å². The molecule has 0 aliphatic carbocycles. The Balaban J connectivity index is 3.11. The highest BCUT2D eigenvalue weighted by Crippen LogP contribution is 2.26. The average Bonchev–Trinajstić information content (AvgIpc) is 2.46. The largest absolute Gasteiger partial charge is 0.395 e. The molecule has 0 aromatic carbocycles. The van der Waals surface area contributed by atoms with Crippen molar-refractivity contribution in [3.05, 3.63) is 5.69 Å². The van der Waals surface area contributed by atoms with Gasteiger partial charge in [0.2, 0.25) is 0 Å². The highest BCUT2D eigenvalue weighted by atomic mass is 32.2. The van der Waals surface area contributed by atoms with Crippen LogP contribution in [0.1, 0.15) is 5.69 Å². The van der Waals surface area contributed by atoms with Gasteiger partial charge >= 0.3 is 0 Å². The number of aryl methyl sites for hydroxylation is 1. The molecule has 0 amide bonds. The van der Waals surface area contributed by atoms with E-state index in [0.29, 0.717) is 5.69 Å². The summed E-state index contributed by atoms with van der Waals surface area (Å²) >= 11 is 0.931. The first-order valence-corrected chi connectivity index (χ1v) is 6.45. The van der Waals surface area contributed by atoms with Gasteiger partial charge in [0.25, 0.3) is 10.0 Å². The van der Waals surface area contributed by atoms with Crippen molar-refractivity contribution in [1.29, 1.82) is 0 Å². The highest BCUT2D eigenvalue weighted by molar-refractivity contribution is 7.91. The van der Waals surface area contributed by atoms with Crippen LogP contribution in [0.15, 0.2) is 4.21 Å². The third-order valence-corrected chi connectivity index (χ3v) is 5.26. The lowest BCUT2D eigenvalue weighted by Crippen LogP contribution is -2.29. The van der Waals surface area contributed by atoms with Crippen molar-refractivity contribution in [3.63, 3.8) is 0 Å². The molecule has 0 unspecified atom stereocenters. The van der Waals surface area contributed by atoms with Crippen molar-refractivity contribution in [2.75, 3.05) is 25.9 Å². The second-order valence-electron chi connectivity index (χ2n) is 2.98. The number of anilines is 1. The number of nitrogen functional groups attached to an aromatic ring is 1. The third-order valence-electron chi connectivity index (χ3n) is 1.83. The van der Waals surface area contributed by atoms with E-state index < -0.39 is 10.0 Å². The average molecular weight is 251 g/mol. The number of thiazole rings is 1. The first kappa shape index (κ1) is 12.4. The van der Waals surface area contributed by atoms with Crippen LogP contribution in [-0.2, 0) is 10.0 Å². The molecule has 0 aliphatic heterocycles. The van der Waals surface area contributed by atoms with Gasteiger partial charge in [-0.3, -0.25) is 0 Å². The first-order valence-electron chi connectivity index (χ1n) is 4.19. The van der Waals surface area contributed by atoms with E-state index in [1.54, 1.807) is 6.92 Å². The number of rotatable bonds is 4. The minimum atomic E-state index is -3.56. The van der Waals surface area contributed by atoms with E-state index in [-0.39, 0.29) is 22.5 Å². The van der Waals surface area contributed by atoms with Crippen LogP contribution in [0.2, 0.25) is 0 Å². The van der Waals surface area contributed by atoms with Crippen LogP contribution in [0, 0.1) is 6.92 Å². The molecule has 0 spiro atoms. The molecule has 0 radical (unpaired) electrons. The fourth-order valence-electron chi connectivity index (χ4n) is 1.04. The van der Waals surface area contributed by atoms with Crippen LogP contribution < -0.4 is 5.73 Å². The molecule has 0 aliphatic rings. The second kappa shape index (κ2) is 4.44. The lowest BCUT2D eigenvalue weighted by atomic mass is 10.6. The van der Waals surface area contributed by atoms with Gasteiger partial charge in [-0.25, -0.2) is 13.4 Å². The standard InChI is InChI=1S/C7H13N3O3S2/c1-5-6(14-7(8)9-5)15(12,13)10(2)3-4-11/h11H,3-4H2,1-2H3,(H2,8,9). The molecule has 0 bridgehead atoms. The number of nitrogens with zero attached hydrogens (tertiary/aromatic N) is 2. The number of aliphatic hydroxyl groups is 1. The molecule has 1 aromatic heterocycles. The van der Waals surface area contributed by atoms with Gasteiger partial charge < -0.3 is 10.8 Å². The van der Waals surface area contributed by atoms with Gasteiger partial charge in [0.1, 0.15) is 0 Å². The maximum absolute atomic E-state index is 11.9. The molecular weight excluding hydrogens is 238 g/mol. The summed E-state index contributed by atoms with van der Waals surface area (Å²) in [5.74, 6) is 0. The number of sulfonamides is 1. The molecule has 0 saturated heterocycles. The van der Waals surface area contributed by atoms with E-state index >= 15 is 0 Å². The highest BCUT2D eigenvalue weighted by Gasteiger charge is 2.25. The van der Waals surface area contributed by atoms with Gasteiger partial charge in [-0.2, -0.15) is 4.31 Å². The molecule has 1 rings (SSSR count). The van der Waals surface area contributed by atoms with Crippen molar-refractivity contribution < 1.29 is 13.5 Å². The molecule has 86 valence electrons. The Bertz CT molecular complexity index is 440. The van der Waals surface area contributed by atoms with Gasteiger partial charge in [-0.05, 0) is 6.92 Å². The van der Waals surface area contributed by atoms with Gasteiger partial charge in [-0.15, -0.1) is 0 Å². The summed E-state index contributed by atoms with van der Waals surface area (Å²) in [6.07, 6.45) is 0. The summed E-state index contributed by atoms with van der Waals surface area (Å²) in [6.45, 7) is 1.43. The zero-order valence-electron chi connectivity index (χ0n) is 8.47. The van der Waals surface area contributed by atoms with Crippen molar-refractivity contribution in [2.24, 2.45) is 0 Å². The molecule has 15 heavy (non-hydrogen) atoms. The summed E-state index contributed by atoms with van der Waals surface area (Å²) in [5, 5.41) is 8.90. The first-order chi connectivity index (χ1) is 6.89. The maximum atomic E-state index is 11.9. The Morgan fingerprint density at radius 2 is 2.20 bits per heavy atom. The van der Waals surface area contributed by atoms with Crippen LogP contribution in [0.3, 0.4) is 0 Å². The van der Waals surface area contributed by atoms with Gasteiger partial charge in [0.05, 0.1) is 12.3 Å². The second-order valence-corrected chi connectivity index (χ2v) is 6.25. The molecule has 6 nitrogen and oxygen atoms in total. The Kier molecular flexibility index (Phi) is 3.66. The topological polar surface area (TPSA) is 96.5 Å². The lowest BCUT2D eigenvalue weighted by Gasteiger charge is -2.14. The Labute approximate surface area is 92.4 Å². The van der Waals surface area contributed by atoms with Gasteiger partial charge in [0.15, 0.2) is 9.34 Å². The molecule has 1 heterocycles. The molecule has 0 fully saturated rings. The van der Waals surface area contributed by atoms with Crippen LogP contribution in [0.25, 0.3) is 0 Å². The van der Waals surface area contributed by atoms with E-state index in [1.165, 1.54) is 7.05 Å². The maximum Gasteiger partial charge on any atom is 0.254 e. The van der Waals surface area contributed by atoms with Crippen LogP contribution in [0.4, 0.5) is 5.13 Å². The molecule has 1 aromatic rings. The summed E-state index contributed by atoms with van der Waals surface area (Å²) in [4.78, 5) is 3.85. The molecule has 3 N–H and O–H groups in total. The quantitative estimate of drug-likeness (QED) is 0.762. The predicted molar refractivity (Wildman–Crippen MR) is 58.2 cm³/mol. The van der Waals surface area contributed by atoms with Crippen molar-refractivity contribution in [3.8, 4) is 0 Å². The molecular formula is C7H13N3O3S2. The zero-order valence-corrected chi connectivity index (χ0v) is 10.1. The third kappa shape index (κ3) is 2.46. The summed E-state index contributed by atoms with van der Waals surface area (Å²) in [5.41, 5.74) is 5.82. The van der Waals surface area contributed by atoms with Gasteiger partial charge in [-0.1, -0.05) is 11.3 Å². The summed E-state index contributed by atoms with van der Waals surface area (Å²) < 4.78 is 25.0. The number of hydrogen-bond donors (Lipinski definition) is 2. The SMILES string of the molecule is Cc1nc(N)sc1S(=O)(=O)N(C)CCO. The lowest BCUT2D eigenvalue weighted by molar-refractivity contribution is 0.266. The monoisotopic (exact) mass is 251 g/mol. The number of nitrogens with two attached hydrogens (primary N) is 1. The van der Waals surface area contributed by atoms with Crippen molar-refractivity contribution in [2.45, 2.75) is 11.1 Å². The number of aliphatic hydroxyl groups excluding tert-OH is 1. The van der Waals surface area contributed by atoms with E-state index in [0.717, 1.165) is 15.6 Å². The van der Waals surface area contributed by atoms with E-state index in [9.17, 15) is 8.42 Å². The molecule has 8 heteroatoms. The number of aromatic nitrogens is 1. The normalized spacial score (nSPS) is 12.3. The van der Waals surface area contributed by atoms with Crippen LogP contribution in [-0.4, -0.2) is 43.0 Å². The van der Waals surface area contributed by atoms with Crippen LogP contribution >= 0.6 is 11.3 Å². The fraction of sp³-hybridized carbons (Fsp3) is 0.571. The smallest absolute Gasteiger partial charge is 0.254 e. The minimum Gasteiger partial charge on any atom is -0.395 e. The van der Waals surface area contributed by atoms with Crippen molar-refractivity contribution in [1.82, 2.24) is 9.29 Å². The minimum absolute atomic E-state index is 0.0551. The van der Waals surface area contributed by atoms with Crippen LogP contribution in [0.5, 0.6) is 0 Å². The molecule has 0 atom stereocenters. The van der Waals surface area contributed by atoms with Gasteiger partial charge in [0, 0.05) is 13.6 Å². The molecule has 0 saturated carbocycles. The number of hydrogen-bond acceptors (Lipinski definition) is 6. The Morgan fingerprint density at radius 1 is 1.60 bits per heavy atom.